The van der Waals surface area contributed by atoms with Crippen molar-refractivity contribution < 1.29 is 19.8 Å². The summed E-state index contributed by atoms with van der Waals surface area (Å²) in [7, 11) is 0. The van der Waals surface area contributed by atoms with Crippen molar-refractivity contribution in [3.63, 3.8) is 0 Å². The van der Waals surface area contributed by atoms with Gasteiger partial charge in [-0.15, -0.1) is 0 Å². The second-order valence-electron chi connectivity index (χ2n) is 3.93. The number of carbonyl (C=O) groups is 2. The Morgan fingerprint density at radius 1 is 1.60 bits per heavy atom. The molecule has 0 bridgehead atoms. The van der Waals surface area contributed by atoms with E-state index in [2.05, 4.69) is 10.6 Å². The molecule has 1 saturated heterocycles. The molecular weight excluding hydrogens is 200 g/mol. The number of carbonyl (C=O) groups excluding carboxylic acids is 1. The Bertz CT molecular complexity index is 263. The van der Waals surface area contributed by atoms with Gasteiger partial charge in [-0.2, -0.15) is 0 Å². The number of aliphatic hydroxyl groups is 1. The van der Waals surface area contributed by atoms with Crippen molar-refractivity contribution in [2.45, 2.75) is 31.3 Å². The number of amides is 1. The topological polar surface area (TPSA) is 98.7 Å². The Kier molecular flexibility index (Phi) is 3.65. The van der Waals surface area contributed by atoms with Crippen molar-refractivity contribution in [3.8, 4) is 0 Å². The highest BCUT2D eigenvalue weighted by molar-refractivity contribution is 5.89. The molecule has 0 spiro atoms. The third-order valence-corrected chi connectivity index (χ3v) is 2.56. The molecule has 6 nitrogen and oxygen atoms in total. The van der Waals surface area contributed by atoms with Gasteiger partial charge in [0.2, 0.25) is 5.91 Å². The van der Waals surface area contributed by atoms with Gasteiger partial charge in [0, 0.05) is 0 Å². The number of carboxylic acids is 1. The first-order valence-electron chi connectivity index (χ1n) is 4.89. The quantitative estimate of drug-likeness (QED) is 0.467. The van der Waals surface area contributed by atoms with E-state index in [0.29, 0.717) is 6.42 Å². The van der Waals surface area contributed by atoms with E-state index in [9.17, 15) is 9.59 Å². The molecule has 86 valence electrons. The van der Waals surface area contributed by atoms with Gasteiger partial charge in [0.25, 0.3) is 0 Å². The average Bonchev–Trinajstić information content (AvgIpc) is 2.70. The maximum absolute atomic E-state index is 11.6. The van der Waals surface area contributed by atoms with E-state index < -0.39 is 18.1 Å². The van der Waals surface area contributed by atoms with Crippen LogP contribution in [0.25, 0.3) is 0 Å². The monoisotopic (exact) mass is 216 g/mol. The number of carboxylic acid groups (broad SMARTS) is 1. The zero-order valence-electron chi connectivity index (χ0n) is 8.62. The lowest BCUT2D eigenvalue weighted by atomic mass is 10.0. The number of nitrogens with one attached hydrogen (secondary N) is 2. The molecule has 0 saturated carbocycles. The lowest BCUT2D eigenvalue weighted by Crippen LogP contribution is -2.58. The van der Waals surface area contributed by atoms with Crippen LogP contribution in [0.2, 0.25) is 0 Å². The van der Waals surface area contributed by atoms with Crippen LogP contribution in [-0.2, 0) is 9.59 Å². The van der Waals surface area contributed by atoms with Gasteiger partial charge in [-0.25, -0.2) is 4.79 Å². The Labute approximate surface area is 87.7 Å². The van der Waals surface area contributed by atoms with Crippen LogP contribution in [0.4, 0.5) is 0 Å². The first-order chi connectivity index (χ1) is 6.99. The number of hydrogen-bond donors (Lipinski definition) is 4. The molecule has 0 aromatic rings. The molecule has 1 fully saturated rings. The molecular formula is C9H16N2O4. The van der Waals surface area contributed by atoms with E-state index >= 15 is 0 Å². The first-order valence-corrected chi connectivity index (χ1v) is 4.89. The Morgan fingerprint density at radius 2 is 2.27 bits per heavy atom. The lowest BCUT2D eigenvalue weighted by molar-refractivity contribution is -0.148. The van der Waals surface area contributed by atoms with E-state index in [1.807, 2.05) is 0 Å². The number of aliphatic carboxylic acids is 1. The molecule has 2 atom stereocenters. The van der Waals surface area contributed by atoms with Crippen LogP contribution in [0, 0.1) is 0 Å². The van der Waals surface area contributed by atoms with Crippen molar-refractivity contribution in [1.82, 2.24) is 10.6 Å². The summed E-state index contributed by atoms with van der Waals surface area (Å²) in [4.78, 5) is 22.4. The summed E-state index contributed by atoms with van der Waals surface area (Å²) in [6, 6.07) is -0.338. The number of hydrogen-bond acceptors (Lipinski definition) is 4. The van der Waals surface area contributed by atoms with Crippen LogP contribution in [0.15, 0.2) is 0 Å². The van der Waals surface area contributed by atoms with Crippen LogP contribution in [0.3, 0.4) is 0 Å². The molecule has 1 aliphatic heterocycles. The van der Waals surface area contributed by atoms with Crippen molar-refractivity contribution >= 4 is 11.9 Å². The van der Waals surface area contributed by atoms with E-state index in [0.717, 1.165) is 13.0 Å². The summed E-state index contributed by atoms with van der Waals surface area (Å²) in [5.41, 5.74) is -1.60. The minimum absolute atomic E-state index is 0.338. The maximum Gasteiger partial charge on any atom is 0.331 e. The van der Waals surface area contributed by atoms with E-state index in [-0.39, 0.29) is 11.9 Å². The molecule has 1 heterocycles. The number of rotatable bonds is 4. The Hall–Kier alpha value is -1.14. The Morgan fingerprint density at radius 3 is 2.67 bits per heavy atom. The average molecular weight is 216 g/mol. The molecule has 0 aromatic carbocycles. The van der Waals surface area contributed by atoms with Crippen LogP contribution in [0.1, 0.15) is 19.8 Å². The molecule has 1 rings (SSSR count). The smallest absolute Gasteiger partial charge is 0.331 e. The molecule has 4 N–H and O–H groups in total. The zero-order chi connectivity index (χ0) is 11.5. The standard InChI is InChI=1S/C9H16N2O4/c1-9(5-12,8(14)15)11-7(13)6-3-2-4-10-6/h6,10,12H,2-5H2,1H3,(H,11,13)(H,14,15). The third-order valence-electron chi connectivity index (χ3n) is 2.56. The fraction of sp³-hybridized carbons (Fsp3) is 0.778. The van der Waals surface area contributed by atoms with E-state index in [1.165, 1.54) is 6.92 Å². The van der Waals surface area contributed by atoms with Crippen molar-refractivity contribution in [3.05, 3.63) is 0 Å². The van der Waals surface area contributed by atoms with Crippen molar-refractivity contribution in [2.24, 2.45) is 0 Å². The second kappa shape index (κ2) is 4.59. The number of aliphatic hydroxyl groups excluding tert-OH is 1. The summed E-state index contributed by atoms with van der Waals surface area (Å²) in [6.45, 7) is 1.42. The highest BCUT2D eigenvalue weighted by Crippen LogP contribution is 2.08. The summed E-state index contributed by atoms with van der Waals surface area (Å²) in [5, 5.41) is 23.0. The molecule has 15 heavy (non-hydrogen) atoms. The first kappa shape index (κ1) is 11.9. The van der Waals surface area contributed by atoms with Gasteiger partial charge in [0.1, 0.15) is 0 Å². The predicted octanol–water partition coefficient (Wildman–Crippen LogP) is -1.31. The predicted molar refractivity (Wildman–Crippen MR) is 52.3 cm³/mol. The molecule has 0 aliphatic carbocycles. The van der Waals surface area contributed by atoms with Crippen molar-refractivity contribution in [1.29, 1.82) is 0 Å². The summed E-state index contributed by atoms with van der Waals surface area (Å²) < 4.78 is 0. The summed E-state index contributed by atoms with van der Waals surface area (Å²) >= 11 is 0. The van der Waals surface area contributed by atoms with Gasteiger partial charge >= 0.3 is 5.97 Å². The van der Waals surface area contributed by atoms with Gasteiger partial charge in [0.05, 0.1) is 12.6 Å². The van der Waals surface area contributed by atoms with Gasteiger partial charge in [-0.1, -0.05) is 0 Å². The maximum atomic E-state index is 11.6. The molecule has 1 aliphatic rings. The molecule has 0 radical (unpaired) electrons. The van der Waals surface area contributed by atoms with E-state index in [4.69, 9.17) is 10.2 Å². The molecule has 0 aromatic heterocycles. The summed E-state index contributed by atoms with van der Waals surface area (Å²) in [5.74, 6) is -1.61. The second-order valence-corrected chi connectivity index (χ2v) is 3.93. The fourth-order valence-corrected chi connectivity index (χ4v) is 1.43. The van der Waals surface area contributed by atoms with Crippen LogP contribution in [-0.4, -0.2) is 46.8 Å². The normalized spacial score (nSPS) is 24.5. The van der Waals surface area contributed by atoms with E-state index in [1.54, 1.807) is 0 Å². The third kappa shape index (κ3) is 2.66. The Balaban J connectivity index is 2.58. The van der Waals surface area contributed by atoms with Gasteiger partial charge in [-0.05, 0) is 26.3 Å². The van der Waals surface area contributed by atoms with Crippen molar-refractivity contribution in [2.75, 3.05) is 13.2 Å². The van der Waals surface area contributed by atoms with Crippen LogP contribution < -0.4 is 10.6 Å². The van der Waals surface area contributed by atoms with Crippen LogP contribution in [0.5, 0.6) is 0 Å². The SMILES string of the molecule is CC(CO)(NC(=O)C1CCCN1)C(=O)O. The minimum Gasteiger partial charge on any atom is -0.479 e. The minimum atomic E-state index is -1.60. The molecule has 6 heteroatoms. The highest BCUT2D eigenvalue weighted by atomic mass is 16.4. The fourth-order valence-electron chi connectivity index (χ4n) is 1.43. The highest BCUT2D eigenvalue weighted by Gasteiger charge is 2.36. The van der Waals surface area contributed by atoms with Gasteiger partial charge in [0.15, 0.2) is 5.54 Å². The zero-order valence-corrected chi connectivity index (χ0v) is 8.62. The van der Waals surface area contributed by atoms with Gasteiger partial charge in [-0.3, -0.25) is 4.79 Å². The molecule has 1 amide bonds. The van der Waals surface area contributed by atoms with Crippen LogP contribution >= 0.6 is 0 Å². The lowest BCUT2D eigenvalue weighted by Gasteiger charge is -2.25. The summed E-state index contributed by atoms with van der Waals surface area (Å²) in [6.07, 6.45) is 1.61. The molecule has 2 unspecified atom stereocenters. The largest absolute Gasteiger partial charge is 0.479 e. The van der Waals surface area contributed by atoms with Gasteiger partial charge < -0.3 is 20.8 Å².